The van der Waals surface area contributed by atoms with Gasteiger partial charge in [0.1, 0.15) is 0 Å². The number of halogens is 2. The van der Waals surface area contributed by atoms with Gasteiger partial charge in [0.15, 0.2) is 0 Å². The summed E-state index contributed by atoms with van der Waals surface area (Å²) in [6.07, 6.45) is -2.84. The number of morpholine rings is 1. The number of hydrazine groups is 1. The second-order valence-corrected chi connectivity index (χ2v) is 8.07. The zero-order valence-corrected chi connectivity index (χ0v) is 18.1. The van der Waals surface area contributed by atoms with Crippen molar-refractivity contribution in [2.75, 3.05) is 38.3 Å². The fraction of sp³-hybridized carbons (Fsp3) is 0.348. The molecule has 1 saturated heterocycles. The van der Waals surface area contributed by atoms with Crippen molar-refractivity contribution >= 4 is 11.6 Å². The number of alkyl halides is 2. The van der Waals surface area contributed by atoms with Crippen LogP contribution in [0.5, 0.6) is 0 Å². The number of aromatic nitrogens is 2. The van der Waals surface area contributed by atoms with Crippen molar-refractivity contribution in [3.8, 4) is 11.5 Å². The number of fused-ring (bicyclic) bond motifs is 1. The van der Waals surface area contributed by atoms with Gasteiger partial charge in [-0.3, -0.25) is 9.80 Å². The van der Waals surface area contributed by atoms with Crippen LogP contribution in [-0.4, -0.2) is 59.5 Å². The summed E-state index contributed by atoms with van der Waals surface area (Å²) >= 11 is 0. The molecular weight excluding hydrogens is 432 g/mol. The van der Waals surface area contributed by atoms with Gasteiger partial charge in [0.05, 0.1) is 19.8 Å². The average molecular weight is 455 g/mol. The van der Waals surface area contributed by atoms with E-state index in [4.69, 9.17) is 9.15 Å². The van der Waals surface area contributed by atoms with Gasteiger partial charge in [-0.15, -0.1) is 10.2 Å². The molecule has 33 heavy (non-hydrogen) atoms. The third kappa shape index (κ3) is 4.31. The van der Waals surface area contributed by atoms with Gasteiger partial charge in [0.25, 0.3) is 11.8 Å². The molecule has 0 N–H and O–H groups in total. The molecule has 1 aromatic heterocycles. The molecule has 2 aliphatic rings. The quantitative estimate of drug-likeness (QED) is 0.563. The third-order valence-electron chi connectivity index (χ3n) is 5.88. The zero-order chi connectivity index (χ0) is 22.9. The summed E-state index contributed by atoms with van der Waals surface area (Å²) in [5, 5.41) is 10.6. The molecule has 2 aliphatic heterocycles. The Hall–Kier alpha value is -3.37. The third-order valence-corrected chi connectivity index (χ3v) is 5.88. The highest BCUT2D eigenvalue weighted by Gasteiger charge is 2.31. The number of nitrogens with zero attached hydrogens (tertiary/aromatic N) is 5. The summed E-state index contributed by atoms with van der Waals surface area (Å²) in [5.74, 6) is -0.933. The Balaban J connectivity index is 1.30. The van der Waals surface area contributed by atoms with E-state index in [2.05, 4.69) is 27.2 Å². The standard InChI is InChI=1S/C23H23F2N5O3/c1-28(13-15-3-2-4-18(11-15)29-7-9-32-10-8-29)30-14-17-6-5-16(12-19(17)23(30)31)21-26-27-22(33-21)20(24)25/h2-6,11-12,20H,7-10,13-14H2,1H3. The van der Waals surface area contributed by atoms with E-state index in [1.165, 1.54) is 0 Å². The molecular formula is C23H23F2N5O3. The Morgan fingerprint density at radius 1 is 1.12 bits per heavy atom. The van der Waals surface area contributed by atoms with Crippen molar-refractivity contribution in [3.63, 3.8) is 0 Å². The van der Waals surface area contributed by atoms with E-state index in [9.17, 15) is 13.6 Å². The van der Waals surface area contributed by atoms with E-state index in [-0.39, 0.29) is 11.8 Å². The van der Waals surface area contributed by atoms with Crippen molar-refractivity contribution < 1.29 is 22.7 Å². The van der Waals surface area contributed by atoms with Crippen LogP contribution < -0.4 is 4.90 Å². The van der Waals surface area contributed by atoms with Crippen molar-refractivity contribution in [1.82, 2.24) is 20.2 Å². The first-order valence-electron chi connectivity index (χ1n) is 10.7. The Morgan fingerprint density at radius 2 is 1.94 bits per heavy atom. The van der Waals surface area contributed by atoms with Crippen LogP contribution >= 0.6 is 0 Å². The Kier molecular flexibility index (Phi) is 5.77. The van der Waals surface area contributed by atoms with Crippen LogP contribution in [-0.2, 0) is 17.8 Å². The number of rotatable bonds is 6. The molecule has 172 valence electrons. The molecule has 0 radical (unpaired) electrons. The maximum atomic E-state index is 13.1. The molecule has 0 bridgehead atoms. The molecule has 8 nitrogen and oxygen atoms in total. The lowest BCUT2D eigenvalue weighted by Crippen LogP contribution is -2.39. The molecule has 5 rings (SSSR count). The lowest BCUT2D eigenvalue weighted by Gasteiger charge is -2.30. The monoisotopic (exact) mass is 455 g/mol. The SMILES string of the molecule is CN(Cc1cccc(N2CCOCC2)c1)N1Cc2ccc(-c3nnc(C(F)F)o3)cc2C1=O. The van der Waals surface area contributed by atoms with Crippen LogP contribution in [0.4, 0.5) is 14.5 Å². The second-order valence-electron chi connectivity index (χ2n) is 8.07. The predicted octanol–water partition coefficient (Wildman–Crippen LogP) is 3.51. The minimum absolute atomic E-state index is 0.0346. The molecule has 0 unspecified atom stereocenters. The number of hydrogen-bond donors (Lipinski definition) is 0. The van der Waals surface area contributed by atoms with Gasteiger partial charge < -0.3 is 14.1 Å². The molecule has 3 aromatic rings. The van der Waals surface area contributed by atoms with Crippen LogP contribution in [0.3, 0.4) is 0 Å². The van der Waals surface area contributed by atoms with Crippen LogP contribution in [0, 0.1) is 0 Å². The Bertz CT molecular complexity index is 1160. The van der Waals surface area contributed by atoms with E-state index < -0.39 is 12.3 Å². The molecule has 1 amide bonds. The minimum Gasteiger partial charge on any atom is -0.415 e. The summed E-state index contributed by atoms with van der Waals surface area (Å²) in [6, 6.07) is 13.4. The van der Waals surface area contributed by atoms with Crippen molar-refractivity contribution in [1.29, 1.82) is 0 Å². The fourth-order valence-corrected chi connectivity index (χ4v) is 4.16. The zero-order valence-electron chi connectivity index (χ0n) is 18.1. The smallest absolute Gasteiger partial charge is 0.314 e. The first kappa shape index (κ1) is 21.5. The molecule has 1 fully saturated rings. The maximum absolute atomic E-state index is 13.1. The molecule has 2 aromatic carbocycles. The number of ether oxygens (including phenoxy) is 1. The Morgan fingerprint density at radius 3 is 2.70 bits per heavy atom. The van der Waals surface area contributed by atoms with Gasteiger partial charge in [0, 0.05) is 43.5 Å². The molecule has 0 spiro atoms. The summed E-state index contributed by atoms with van der Waals surface area (Å²) in [6.45, 7) is 4.16. The normalized spacial score (nSPS) is 16.2. The van der Waals surface area contributed by atoms with Crippen molar-refractivity contribution in [2.45, 2.75) is 19.5 Å². The summed E-state index contributed by atoms with van der Waals surface area (Å²) in [4.78, 5) is 15.4. The largest absolute Gasteiger partial charge is 0.415 e. The number of carbonyl (C=O) groups excluding carboxylic acids is 1. The summed E-state index contributed by atoms with van der Waals surface area (Å²) in [5.41, 5.74) is 4.03. The highest BCUT2D eigenvalue weighted by molar-refractivity contribution is 5.99. The number of carbonyl (C=O) groups is 1. The van der Waals surface area contributed by atoms with Gasteiger partial charge >= 0.3 is 6.43 Å². The van der Waals surface area contributed by atoms with Crippen molar-refractivity contribution in [3.05, 3.63) is 65.0 Å². The van der Waals surface area contributed by atoms with E-state index in [1.807, 2.05) is 24.2 Å². The van der Waals surface area contributed by atoms with Crippen molar-refractivity contribution in [2.24, 2.45) is 0 Å². The summed E-state index contributed by atoms with van der Waals surface area (Å²) in [7, 11) is 1.87. The van der Waals surface area contributed by atoms with Crippen LogP contribution in [0.2, 0.25) is 0 Å². The van der Waals surface area contributed by atoms with E-state index in [1.54, 1.807) is 23.2 Å². The molecule has 0 aliphatic carbocycles. The summed E-state index contributed by atoms with van der Waals surface area (Å²) < 4.78 is 36.0. The van der Waals surface area contributed by atoms with Crippen LogP contribution in [0.15, 0.2) is 46.9 Å². The predicted molar refractivity (Wildman–Crippen MR) is 116 cm³/mol. The minimum atomic E-state index is -2.84. The molecule has 10 heteroatoms. The lowest BCUT2D eigenvalue weighted by molar-refractivity contribution is 0.00273. The first-order valence-corrected chi connectivity index (χ1v) is 10.7. The number of anilines is 1. The van der Waals surface area contributed by atoms with Crippen LogP contribution in [0.25, 0.3) is 11.5 Å². The van der Waals surface area contributed by atoms with Gasteiger partial charge in [0.2, 0.25) is 5.89 Å². The fourth-order valence-electron chi connectivity index (χ4n) is 4.16. The van der Waals surface area contributed by atoms with Gasteiger partial charge in [-0.25, -0.2) is 5.01 Å². The van der Waals surface area contributed by atoms with E-state index >= 15 is 0 Å². The number of hydrogen-bond acceptors (Lipinski definition) is 7. The van der Waals surface area contributed by atoms with Crippen LogP contribution in [0.1, 0.15) is 33.8 Å². The highest BCUT2D eigenvalue weighted by Crippen LogP contribution is 2.30. The van der Waals surface area contributed by atoms with Gasteiger partial charge in [-0.2, -0.15) is 8.78 Å². The number of benzene rings is 2. The molecule has 0 atom stereocenters. The van der Waals surface area contributed by atoms with E-state index in [0.29, 0.717) is 24.2 Å². The molecule has 0 saturated carbocycles. The average Bonchev–Trinajstić information content (AvgIpc) is 3.45. The maximum Gasteiger partial charge on any atom is 0.314 e. The van der Waals surface area contributed by atoms with E-state index in [0.717, 1.165) is 43.1 Å². The highest BCUT2D eigenvalue weighted by atomic mass is 19.3. The molecule has 3 heterocycles. The topological polar surface area (TPSA) is 74.9 Å². The lowest BCUT2D eigenvalue weighted by atomic mass is 10.1. The Labute approximate surface area is 189 Å². The van der Waals surface area contributed by atoms with Gasteiger partial charge in [-0.05, 0) is 35.4 Å². The first-order chi connectivity index (χ1) is 16.0. The van der Waals surface area contributed by atoms with Gasteiger partial charge in [-0.1, -0.05) is 18.2 Å². The number of amides is 1. The second kappa shape index (κ2) is 8.87.